The summed E-state index contributed by atoms with van der Waals surface area (Å²) >= 11 is 0. The Morgan fingerprint density at radius 1 is 1.00 bits per heavy atom. The zero-order valence-corrected chi connectivity index (χ0v) is 17.2. The lowest BCUT2D eigenvalue weighted by Gasteiger charge is -2.12. The van der Waals surface area contributed by atoms with Crippen molar-refractivity contribution < 1.29 is 28.2 Å². The van der Waals surface area contributed by atoms with Crippen molar-refractivity contribution in [3.8, 4) is 34.5 Å². The first-order valence-corrected chi connectivity index (χ1v) is 9.23. The second-order valence-corrected chi connectivity index (χ2v) is 6.13. The molecule has 9 heteroatoms. The second-order valence-electron chi connectivity index (χ2n) is 6.13. The standard InChI is InChI=1S/C21H23N3O6/c1-5-29-15-8-6-13(7-9-15)10-18(25)22-21-24-23-20(30-21)14-11-16(26-2)19(28-4)17(12-14)27-3/h6-9,11-12H,5,10H2,1-4H3,(H,22,24,25). The SMILES string of the molecule is CCOc1ccc(CC(=O)Nc2nnc(-c3cc(OC)c(OC)c(OC)c3)o2)cc1. The van der Waals surface area contributed by atoms with E-state index in [1.54, 1.807) is 12.1 Å². The van der Waals surface area contributed by atoms with Crippen molar-refractivity contribution in [2.75, 3.05) is 33.3 Å². The van der Waals surface area contributed by atoms with Gasteiger partial charge in [0.2, 0.25) is 17.5 Å². The maximum absolute atomic E-state index is 12.3. The topological polar surface area (TPSA) is 105 Å². The maximum atomic E-state index is 12.3. The lowest BCUT2D eigenvalue weighted by molar-refractivity contribution is -0.115. The minimum absolute atomic E-state index is 0.00492. The van der Waals surface area contributed by atoms with Gasteiger partial charge in [-0.25, -0.2) is 0 Å². The Balaban J connectivity index is 1.71. The van der Waals surface area contributed by atoms with Gasteiger partial charge in [-0.2, -0.15) is 0 Å². The van der Waals surface area contributed by atoms with Gasteiger partial charge in [-0.3, -0.25) is 10.1 Å². The highest BCUT2D eigenvalue weighted by molar-refractivity contribution is 5.90. The van der Waals surface area contributed by atoms with Gasteiger partial charge in [-0.15, -0.1) is 5.10 Å². The van der Waals surface area contributed by atoms with Gasteiger partial charge in [-0.05, 0) is 36.8 Å². The van der Waals surface area contributed by atoms with Crippen LogP contribution in [-0.2, 0) is 11.2 Å². The summed E-state index contributed by atoms with van der Waals surface area (Å²) in [6.07, 6.45) is 0.161. The minimum Gasteiger partial charge on any atom is -0.494 e. The Bertz CT molecular complexity index is 975. The van der Waals surface area contributed by atoms with Crippen molar-refractivity contribution in [2.45, 2.75) is 13.3 Å². The maximum Gasteiger partial charge on any atom is 0.322 e. The van der Waals surface area contributed by atoms with Crippen LogP contribution >= 0.6 is 0 Å². The van der Waals surface area contributed by atoms with E-state index in [-0.39, 0.29) is 24.2 Å². The van der Waals surface area contributed by atoms with Gasteiger partial charge in [-0.1, -0.05) is 17.2 Å². The highest BCUT2D eigenvalue weighted by Gasteiger charge is 2.18. The van der Waals surface area contributed by atoms with Crippen LogP contribution in [0.3, 0.4) is 0 Å². The molecule has 0 spiro atoms. The van der Waals surface area contributed by atoms with Gasteiger partial charge >= 0.3 is 6.01 Å². The molecular weight excluding hydrogens is 390 g/mol. The van der Waals surface area contributed by atoms with Crippen LogP contribution in [0.2, 0.25) is 0 Å². The molecule has 0 saturated carbocycles. The predicted molar refractivity (Wildman–Crippen MR) is 109 cm³/mol. The monoisotopic (exact) mass is 413 g/mol. The van der Waals surface area contributed by atoms with Gasteiger partial charge < -0.3 is 23.4 Å². The molecule has 0 fully saturated rings. The van der Waals surface area contributed by atoms with E-state index in [2.05, 4.69) is 15.5 Å². The van der Waals surface area contributed by atoms with Gasteiger partial charge in [0, 0.05) is 5.56 Å². The zero-order chi connectivity index (χ0) is 21.5. The summed E-state index contributed by atoms with van der Waals surface area (Å²) in [5.74, 6) is 2.03. The third-order valence-corrected chi connectivity index (χ3v) is 4.18. The van der Waals surface area contributed by atoms with Gasteiger partial charge in [0.25, 0.3) is 0 Å². The number of hydrogen-bond acceptors (Lipinski definition) is 8. The highest BCUT2D eigenvalue weighted by atomic mass is 16.5. The molecule has 1 N–H and O–H groups in total. The van der Waals surface area contributed by atoms with Crippen molar-refractivity contribution in [1.82, 2.24) is 10.2 Å². The Morgan fingerprint density at radius 2 is 1.67 bits per heavy atom. The first-order chi connectivity index (χ1) is 14.6. The van der Waals surface area contributed by atoms with E-state index in [0.717, 1.165) is 11.3 Å². The fraction of sp³-hybridized carbons (Fsp3) is 0.286. The summed E-state index contributed by atoms with van der Waals surface area (Å²) in [6.45, 7) is 2.50. The molecule has 1 amide bonds. The first-order valence-electron chi connectivity index (χ1n) is 9.23. The fourth-order valence-electron chi connectivity index (χ4n) is 2.81. The molecule has 158 valence electrons. The van der Waals surface area contributed by atoms with Crippen molar-refractivity contribution >= 4 is 11.9 Å². The van der Waals surface area contributed by atoms with Crippen molar-refractivity contribution in [3.05, 3.63) is 42.0 Å². The van der Waals surface area contributed by atoms with Crippen LogP contribution in [0.4, 0.5) is 6.01 Å². The lowest BCUT2D eigenvalue weighted by Crippen LogP contribution is -2.14. The average Bonchev–Trinajstić information content (AvgIpc) is 3.22. The molecule has 0 saturated heterocycles. The number of benzene rings is 2. The van der Waals surface area contributed by atoms with Gasteiger partial charge in [0.05, 0.1) is 34.4 Å². The molecule has 3 aromatic rings. The molecule has 3 rings (SSSR count). The van der Waals surface area contributed by atoms with Crippen LogP contribution < -0.4 is 24.3 Å². The molecule has 1 aromatic heterocycles. The first kappa shape index (κ1) is 21.0. The van der Waals surface area contributed by atoms with Gasteiger partial charge in [0.15, 0.2) is 11.5 Å². The summed E-state index contributed by atoms with van der Waals surface area (Å²) in [5, 5.41) is 10.5. The van der Waals surface area contributed by atoms with Crippen molar-refractivity contribution in [1.29, 1.82) is 0 Å². The number of ether oxygens (including phenoxy) is 4. The van der Waals surface area contributed by atoms with E-state index in [4.69, 9.17) is 23.4 Å². The number of anilines is 1. The van der Waals surface area contributed by atoms with Crippen LogP contribution in [0.25, 0.3) is 11.5 Å². The third kappa shape index (κ3) is 4.80. The summed E-state index contributed by atoms with van der Waals surface area (Å²) in [6, 6.07) is 10.7. The summed E-state index contributed by atoms with van der Waals surface area (Å²) < 4.78 is 26.9. The van der Waals surface area contributed by atoms with E-state index in [9.17, 15) is 4.79 Å². The summed E-state index contributed by atoms with van der Waals surface area (Å²) in [4.78, 5) is 12.3. The Morgan fingerprint density at radius 3 is 2.23 bits per heavy atom. The number of nitrogens with zero attached hydrogens (tertiary/aromatic N) is 2. The largest absolute Gasteiger partial charge is 0.494 e. The molecule has 30 heavy (non-hydrogen) atoms. The van der Waals surface area contributed by atoms with E-state index < -0.39 is 0 Å². The van der Waals surface area contributed by atoms with E-state index in [1.165, 1.54) is 21.3 Å². The van der Waals surface area contributed by atoms with E-state index >= 15 is 0 Å². The van der Waals surface area contributed by atoms with E-state index in [1.807, 2.05) is 31.2 Å². The van der Waals surface area contributed by atoms with Crippen LogP contribution in [-0.4, -0.2) is 44.0 Å². The molecule has 0 atom stereocenters. The number of carbonyl (C=O) groups excluding carboxylic acids is 1. The van der Waals surface area contributed by atoms with Crippen LogP contribution in [0.1, 0.15) is 12.5 Å². The lowest BCUT2D eigenvalue weighted by atomic mass is 10.1. The normalized spacial score (nSPS) is 10.4. The number of amides is 1. The number of methoxy groups -OCH3 is 3. The van der Waals surface area contributed by atoms with Crippen LogP contribution in [0.15, 0.2) is 40.8 Å². The molecule has 2 aromatic carbocycles. The fourth-order valence-corrected chi connectivity index (χ4v) is 2.81. The van der Waals surface area contributed by atoms with Crippen LogP contribution in [0, 0.1) is 0 Å². The quantitative estimate of drug-likeness (QED) is 0.569. The average molecular weight is 413 g/mol. The number of rotatable bonds is 9. The molecule has 0 aliphatic carbocycles. The van der Waals surface area contributed by atoms with Crippen LogP contribution in [0.5, 0.6) is 23.0 Å². The predicted octanol–water partition coefficient (Wildman–Crippen LogP) is 3.34. The molecule has 0 bridgehead atoms. The number of carbonyl (C=O) groups is 1. The van der Waals surface area contributed by atoms with Crippen molar-refractivity contribution in [2.24, 2.45) is 0 Å². The molecule has 0 aliphatic rings. The third-order valence-electron chi connectivity index (χ3n) is 4.18. The van der Waals surface area contributed by atoms with E-state index in [0.29, 0.717) is 29.4 Å². The molecular formula is C21H23N3O6. The molecule has 1 heterocycles. The Labute approximate surface area is 173 Å². The second kappa shape index (κ2) is 9.64. The molecule has 0 unspecified atom stereocenters. The molecule has 0 aliphatic heterocycles. The summed E-state index contributed by atoms with van der Waals surface area (Å²) in [7, 11) is 4.55. The molecule has 9 nitrogen and oxygen atoms in total. The zero-order valence-electron chi connectivity index (χ0n) is 17.2. The number of nitrogens with one attached hydrogen (secondary N) is 1. The Kier molecular flexibility index (Phi) is 6.74. The number of hydrogen-bond donors (Lipinski definition) is 1. The summed E-state index contributed by atoms with van der Waals surface area (Å²) in [5.41, 5.74) is 1.39. The molecule has 0 radical (unpaired) electrons. The number of aromatic nitrogens is 2. The van der Waals surface area contributed by atoms with Gasteiger partial charge in [0.1, 0.15) is 5.75 Å². The smallest absolute Gasteiger partial charge is 0.322 e. The Hall–Kier alpha value is -3.75. The minimum atomic E-state index is -0.278. The highest BCUT2D eigenvalue weighted by Crippen LogP contribution is 2.41. The van der Waals surface area contributed by atoms with Crippen molar-refractivity contribution in [3.63, 3.8) is 0 Å².